The van der Waals surface area contributed by atoms with Crippen molar-refractivity contribution in [1.82, 2.24) is 0 Å². The lowest BCUT2D eigenvalue weighted by Crippen LogP contribution is -2.20. The Morgan fingerprint density at radius 2 is 2.05 bits per heavy atom. The zero-order valence-electron chi connectivity index (χ0n) is 12.1. The van der Waals surface area contributed by atoms with Crippen LogP contribution in [0.3, 0.4) is 0 Å². The van der Waals surface area contributed by atoms with Gasteiger partial charge in [-0.25, -0.2) is 0 Å². The van der Waals surface area contributed by atoms with Crippen molar-refractivity contribution in [2.45, 2.75) is 11.8 Å². The first kappa shape index (κ1) is 15.3. The second-order valence-corrected chi connectivity index (χ2v) is 5.41. The molecule has 0 unspecified atom stereocenters. The van der Waals surface area contributed by atoms with Crippen molar-refractivity contribution in [2.75, 3.05) is 23.9 Å². The molecule has 0 saturated carbocycles. The average molecular weight is 302 g/mol. The first-order valence-electron chi connectivity index (χ1n) is 6.52. The minimum atomic E-state index is -0.196. The van der Waals surface area contributed by atoms with E-state index in [0.717, 1.165) is 16.1 Å². The molecular formula is C16H18N2O2S. The number of nitrogens with two attached hydrogens (primary N) is 1. The van der Waals surface area contributed by atoms with E-state index in [1.165, 1.54) is 0 Å². The van der Waals surface area contributed by atoms with Gasteiger partial charge in [0.05, 0.1) is 0 Å². The Hall–Kier alpha value is -2.14. The van der Waals surface area contributed by atoms with Gasteiger partial charge in [-0.3, -0.25) is 4.79 Å². The van der Waals surface area contributed by atoms with Gasteiger partial charge in [0.15, 0.2) is 6.61 Å². The van der Waals surface area contributed by atoms with Crippen molar-refractivity contribution < 1.29 is 9.53 Å². The monoisotopic (exact) mass is 302 g/mol. The van der Waals surface area contributed by atoms with Crippen molar-refractivity contribution in [1.29, 1.82) is 0 Å². The van der Waals surface area contributed by atoms with E-state index in [0.29, 0.717) is 11.4 Å². The standard InChI is InChI=1S/C16H18N2O2S/c1-11-9-12(17)7-8-13(11)18-16(19)10-20-14-5-3-4-6-15(14)21-2/h3-9H,10,17H2,1-2H3,(H,18,19). The third-order valence-electron chi connectivity index (χ3n) is 2.95. The van der Waals surface area contributed by atoms with Crippen LogP contribution in [0.5, 0.6) is 5.75 Å². The number of nitrogen functional groups attached to an aromatic ring is 1. The molecule has 2 rings (SSSR count). The number of thioether (sulfide) groups is 1. The highest BCUT2D eigenvalue weighted by Crippen LogP contribution is 2.26. The summed E-state index contributed by atoms with van der Waals surface area (Å²) in [5.41, 5.74) is 8.03. The fourth-order valence-electron chi connectivity index (χ4n) is 1.89. The number of aryl methyl sites for hydroxylation is 1. The van der Waals surface area contributed by atoms with E-state index in [1.807, 2.05) is 43.5 Å². The molecule has 0 aliphatic carbocycles. The van der Waals surface area contributed by atoms with Crippen LogP contribution in [0.1, 0.15) is 5.56 Å². The third kappa shape index (κ3) is 4.16. The second kappa shape index (κ2) is 7.04. The molecule has 0 heterocycles. The maximum Gasteiger partial charge on any atom is 0.262 e. The van der Waals surface area contributed by atoms with Crippen LogP contribution >= 0.6 is 11.8 Å². The predicted molar refractivity (Wildman–Crippen MR) is 87.9 cm³/mol. The van der Waals surface area contributed by atoms with Gasteiger partial charge in [-0.05, 0) is 49.1 Å². The number of nitrogens with one attached hydrogen (secondary N) is 1. The van der Waals surface area contributed by atoms with Crippen LogP contribution in [0.15, 0.2) is 47.4 Å². The highest BCUT2D eigenvalue weighted by Gasteiger charge is 2.08. The summed E-state index contributed by atoms with van der Waals surface area (Å²) in [4.78, 5) is 13.0. The number of rotatable bonds is 5. The fraction of sp³-hybridized carbons (Fsp3) is 0.188. The van der Waals surface area contributed by atoms with Crippen LogP contribution in [-0.2, 0) is 4.79 Å². The fourth-order valence-corrected chi connectivity index (χ4v) is 2.44. The van der Waals surface area contributed by atoms with Crippen LogP contribution in [0.4, 0.5) is 11.4 Å². The molecule has 0 spiro atoms. The number of para-hydroxylation sites is 1. The normalized spacial score (nSPS) is 10.2. The zero-order chi connectivity index (χ0) is 15.2. The van der Waals surface area contributed by atoms with Gasteiger partial charge in [0.2, 0.25) is 0 Å². The smallest absolute Gasteiger partial charge is 0.262 e. The summed E-state index contributed by atoms with van der Waals surface area (Å²) >= 11 is 1.58. The van der Waals surface area contributed by atoms with Gasteiger partial charge < -0.3 is 15.8 Å². The topological polar surface area (TPSA) is 64.3 Å². The predicted octanol–water partition coefficient (Wildman–Crippen LogP) is 3.32. The lowest BCUT2D eigenvalue weighted by molar-refractivity contribution is -0.118. The lowest BCUT2D eigenvalue weighted by Gasteiger charge is -2.11. The first-order chi connectivity index (χ1) is 10.1. The number of carbonyl (C=O) groups is 1. The van der Waals surface area contributed by atoms with Gasteiger partial charge >= 0.3 is 0 Å². The van der Waals surface area contributed by atoms with Crippen molar-refractivity contribution in [2.24, 2.45) is 0 Å². The van der Waals surface area contributed by atoms with Crippen LogP contribution in [-0.4, -0.2) is 18.8 Å². The minimum Gasteiger partial charge on any atom is -0.483 e. The van der Waals surface area contributed by atoms with E-state index in [-0.39, 0.29) is 12.5 Å². The summed E-state index contributed by atoms with van der Waals surface area (Å²) in [7, 11) is 0. The lowest BCUT2D eigenvalue weighted by atomic mass is 10.2. The second-order valence-electron chi connectivity index (χ2n) is 4.56. The molecule has 2 aromatic rings. The summed E-state index contributed by atoms with van der Waals surface area (Å²) in [6.07, 6.45) is 1.97. The molecule has 0 saturated heterocycles. The van der Waals surface area contributed by atoms with Gasteiger partial charge in [-0.1, -0.05) is 12.1 Å². The van der Waals surface area contributed by atoms with Gasteiger partial charge in [0, 0.05) is 16.3 Å². The summed E-state index contributed by atoms with van der Waals surface area (Å²) in [6.45, 7) is 1.87. The number of ether oxygens (including phenoxy) is 1. The Morgan fingerprint density at radius 1 is 1.29 bits per heavy atom. The molecule has 0 radical (unpaired) electrons. The number of benzene rings is 2. The summed E-state index contributed by atoms with van der Waals surface area (Å²) in [6, 6.07) is 13.0. The number of carbonyl (C=O) groups excluding carboxylic acids is 1. The van der Waals surface area contributed by atoms with Gasteiger partial charge in [0.25, 0.3) is 5.91 Å². The Labute approximate surface area is 128 Å². The Morgan fingerprint density at radius 3 is 2.76 bits per heavy atom. The first-order valence-corrected chi connectivity index (χ1v) is 7.74. The van der Waals surface area contributed by atoms with Crippen molar-refractivity contribution in [3.05, 3.63) is 48.0 Å². The molecular weight excluding hydrogens is 284 g/mol. The van der Waals surface area contributed by atoms with Crippen LogP contribution in [0, 0.1) is 6.92 Å². The Balaban J connectivity index is 1.96. The highest BCUT2D eigenvalue weighted by atomic mass is 32.2. The molecule has 110 valence electrons. The number of hydrogen-bond acceptors (Lipinski definition) is 4. The molecule has 2 aromatic carbocycles. The Bertz CT molecular complexity index is 644. The number of anilines is 2. The third-order valence-corrected chi connectivity index (χ3v) is 3.73. The summed E-state index contributed by atoms with van der Waals surface area (Å²) in [5, 5.41) is 2.82. The highest BCUT2D eigenvalue weighted by molar-refractivity contribution is 7.98. The molecule has 0 bridgehead atoms. The molecule has 0 atom stereocenters. The van der Waals surface area contributed by atoms with E-state index in [9.17, 15) is 4.79 Å². The molecule has 0 aliphatic rings. The van der Waals surface area contributed by atoms with E-state index in [4.69, 9.17) is 10.5 Å². The van der Waals surface area contributed by atoms with Crippen molar-refractivity contribution in [3.8, 4) is 5.75 Å². The van der Waals surface area contributed by atoms with Gasteiger partial charge in [0.1, 0.15) is 5.75 Å². The van der Waals surface area contributed by atoms with Crippen LogP contribution in [0.25, 0.3) is 0 Å². The molecule has 4 nitrogen and oxygen atoms in total. The zero-order valence-corrected chi connectivity index (χ0v) is 12.9. The molecule has 0 aliphatic heterocycles. The van der Waals surface area contributed by atoms with Crippen LogP contribution in [0.2, 0.25) is 0 Å². The molecule has 3 N–H and O–H groups in total. The SMILES string of the molecule is CSc1ccccc1OCC(=O)Nc1ccc(N)cc1C. The molecule has 21 heavy (non-hydrogen) atoms. The summed E-state index contributed by atoms with van der Waals surface area (Å²) < 4.78 is 5.57. The van der Waals surface area contributed by atoms with Gasteiger partial charge in [-0.2, -0.15) is 0 Å². The maximum absolute atomic E-state index is 11.9. The van der Waals surface area contributed by atoms with Gasteiger partial charge in [-0.15, -0.1) is 11.8 Å². The van der Waals surface area contributed by atoms with Crippen molar-refractivity contribution >= 4 is 29.0 Å². The van der Waals surface area contributed by atoms with E-state index in [1.54, 1.807) is 23.9 Å². The van der Waals surface area contributed by atoms with E-state index >= 15 is 0 Å². The Kier molecular flexibility index (Phi) is 5.11. The number of hydrogen-bond donors (Lipinski definition) is 2. The van der Waals surface area contributed by atoms with Crippen molar-refractivity contribution in [3.63, 3.8) is 0 Å². The molecule has 0 aromatic heterocycles. The molecule has 1 amide bonds. The van der Waals surface area contributed by atoms with E-state index in [2.05, 4.69) is 5.32 Å². The summed E-state index contributed by atoms with van der Waals surface area (Å²) in [5.74, 6) is 0.521. The minimum absolute atomic E-state index is 0.0264. The molecule has 5 heteroatoms. The number of amides is 1. The van der Waals surface area contributed by atoms with Crippen LogP contribution < -0.4 is 15.8 Å². The van der Waals surface area contributed by atoms with E-state index < -0.39 is 0 Å². The molecule has 0 fully saturated rings. The largest absolute Gasteiger partial charge is 0.483 e. The average Bonchev–Trinajstić information content (AvgIpc) is 2.48. The quantitative estimate of drug-likeness (QED) is 0.657. The maximum atomic E-state index is 11.9.